The van der Waals surface area contributed by atoms with E-state index in [0.717, 1.165) is 36.2 Å². The number of likely N-dealkylation sites (tertiary alicyclic amines) is 1. The molecular weight excluding hydrogens is 346 g/mol. The van der Waals surface area contributed by atoms with Crippen molar-refractivity contribution in [3.05, 3.63) is 22.4 Å². The van der Waals surface area contributed by atoms with Gasteiger partial charge in [0, 0.05) is 18.3 Å². The number of primary amides is 1. The summed E-state index contributed by atoms with van der Waals surface area (Å²) in [6, 6.07) is 0.413. The minimum Gasteiger partial charge on any atom is -0.366 e. The Bertz CT molecular complexity index is 717. The Kier molecular flexibility index (Phi) is 5.90. The van der Waals surface area contributed by atoms with E-state index in [0.29, 0.717) is 28.3 Å². The molecule has 2 amide bonds. The highest BCUT2D eigenvalue weighted by atomic mass is 32.2. The summed E-state index contributed by atoms with van der Waals surface area (Å²) >= 11 is 1.35. The van der Waals surface area contributed by atoms with Gasteiger partial charge in [-0.3, -0.25) is 9.59 Å². The van der Waals surface area contributed by atoms with E-state index in [1.165, 1.54) is 37.4 Å². The van der Waals surface area contributed by atoms with Gasteiger partial charge < -0.3 is 10.6 Å². The zero-order chi connectivity index (χ0) is 18.8. The summed E-state index contributed by atoms with van der Waals surface area (Å²) in [5.74, 6) is 0.686. The molecule has 0 unspecified atom stereocenters. The molecule has 3 rings (SSSR count). The number of thioether (sulfide) groups is 1. The molecule has 26 heavy (non-hydrogen) atoms. The van der Waals surface area contributed by atoms with E-state index in [-0.39, 0.29) is 5.91 Å². The van der Waals surface area contributed by atoms with Crippen molar-refractivity contribution in [3.63, 3.8) is 0 Å². The standard InChI is InChI=1S/C20H29N3O2S/c1-12-13(2)18(19(21)25)20(22-14(12)3)26-11-17(24)23-10-6-8-15-7-4-5-9-16(15)23/h15-16H,4-11H2,1-3H3,(H2,21,25)/t15-,16+/m0/s1. The predicted molar refractivity (Wildman–Crippen MR) is 104 cm³/mol. The fourth-order valence-corrected chi connectivity index (χ4v) is 5.48. The molecule has 2 N–H and O–H groups in total. The number of aryl methyl sites for hydroxylation is 1. The van der Waals surface area contributed by atoms with Crippen molar-refractivity contribution in [2.45, 2.75) is 70.4 Å². The number of hydrogen-bond acceptors (Lipinski definition) is 4. The Balaban J connectivity index is 1.74. The molecule has 2 heterocycles. The van der Waals surface area contributed by atoms with Crippen molar-refractivity contribution < 1.29 is 9.59 Å². The zero-order valence-corrected chi connectivity index (χ0v) is 16.8. The lowest BCUT2D eigenvalue weighted by Crippen LogP contribution is -2.50. The van der Waals surface area contributed by atoms with E-state index in [4.69, 9.17) is 5.73 Å². The third-order valence-corrected chi connectivity index (χ3v) is 7.07. The Morgan fingerprint density at radius 2 is 1.81 bits per heavy atom. The van der Waals surface area contributed by atoms with Crippen LogP contribution in [0.2, 0.25) is 0 Å². The largest absolute Gasteiger partial charge is 0.366 e. The maximum absolute atomic E-state index is 12.9. The summed E-state index contributed by atoms with van der Waals surface area (Å²) < 4.78 is 0. The molecule has 1 aliphatic heterocycles. The first kappa shape index (κ1) is 19.2. The predicted octanol–water partition coefficient (Wildman–Crippen LogP) is 3.38. The van der Waals surface area contributed by atoms with Crippen LogP contribution in [0, 0.1) is 26.7 Å². The minimum atomic E-state index is -0.474. The monoisotopic (exact) mass is 375 g/mol. The fraction of sp³-hybridized carbons (Fsp3) is 0.650. The van der Waals surface area contributed by atoms with Crippen LogP contribution in [0.3, 0.4) is 0 Å². The van der Waals surface area contributed by atoms with E-state index in [1.54, 1.807) is 0 Å². The maximum Gasteiger partial charge on any atom is 0.251 e. The zero-order valence-electron chi connectivity index (χ0n) is 16.0. The van der Waals surface area contributed by atoms with Crippen molar-refractivity contribution in [3.8, 4) is 0 Å². The van der Waals surface area contributed by atoms with Gasteiger partial charge in [-0.2, -0.15) is 0 Å². The number of rotatable bonds is 4. The topological polar surface area (TPSA) is 76.3 Å². The average Bonchev–Trinajstić information content (AvgIpc) is 2.63. The number of nitrogens with zero attached hydrogens (tertiary/aromatic N) is 2. The molecular formula is C20H29N3O2S. The van der Waals surface area contributed by atoms with E-state index < -0.39 is 5.91 Å². The molecule has 5 nitrogen and oxygen atoms in total. The van der Waals surface area contributed by atoms with Crippen LogP contribution in [0.1, 0.15) is 65.7 Å². The van der Waals surface area contributed by atoms with Crippen LogP contribution in [-0.2, 0) is 4.79 Å². The van der Waals surface area contributed by atoms with Gasteiger partial charge in [-0.05, 0) is 63.5 Å². The molecule has 0 radical (unpaired) electrons. The lowest BCUT2D eigenvalue weighted by Gasteiger charge is -2.44. The van der Waals surface area contributed by atoms with Gasteiger partial charge in [0.2, 0.25) is 5.91 Å². The molecule has 2 aliphatic rings. The van der Waals surface area contributed by atoms with Crippen molar-refractivity contribution in [2.75, 3.05) is 12.3 Å². The highest BCUT2D eigenvalue weighted by molar-refractivity contribution is 8.00. The lowest BCUT2D eigenvalue weighted by atomic mass is 9.78. The van der Waals surface area contributed by atoms with Crippen LogP contribution in [0.5, 0.6) is 0 Å². The molecule has 142 valence electrons. The summed E-state index contributed by atoms with van der Waals surface area (Å²) in [4.78, 5) is 31.5. The Morgan fingerprint density at radius 3 is 2.54 bits per heavy atom. The molecule has 1 aromatic heterocycles. The number of amides is 2. The van der Waals surface area contributed by atoms with Gasteiger partial charge in [0.15, 0.2) is 0 Å². The quantitative estimate of drug-likeness (QED) is 0.819. The van der Waals surface area contributed by atoms with Gasteiger partial charge in [-0.1, -0.05) is 24.6 Å². The average molecular weight is 376 g/mol. The van der Waals surface area contributed by atoms with Crippen LogP contribution in [0.15, 0.2) is 5.03 Å². The first-order valence-electron chi connectivity index (χ1n) is 9.60. The molecule has 0 spiro atoms. The molecule has 2 atom stereocenters. The van der Waals surface area contributed by atoms with Crippen molar-refractivity contribution in [1.29, 1.82) is 0 Å². The van der Waals surface area contributed by atoms with Crippen LogP contribution in [-0.4, -0.2) is 40.0 Å². The maximum atomic E-state index is 12.9. The second-order valence-corrected chi connectivity index (χ2v) is 8.59. The first-order chi connectivity index (χ1) is 12.4. The molecule has 1 aromatic rings. The third kappa shape index (κ3) is 3.75. The fourth-order valence-electron chi connectivity index (χ4n) is 4.45. The number of carbonyl (C=O) groups is 2. The number of aromatic nitrogens is 1. The first-order valence-corrected chi connectivity index (χ1v) is 10.6. The van der Waals surface area contributed by atoms with Crippen molar-refractivity contribution in [1.82, 2.24) is 9.88 Å². The second kappa shape index (κ2) is 7.99. The van der Waals surface area contributed by atoms with Crippen LogP contribution in [0.25, 0.3) is 0 Å². The summed E-state index contributed by atoms with van der Waals surface area (Å²) in [7, 11) is 0. The molecule has 2 fully saturated rings. The van der Waals surface area contributed by atoms with Crippen LogP contribution in [0.4, 0.5) is 0 Å². The Labute approximate surface area is 160 Å². The van der Waals surface area contributed by atoms with Gasteiger partial charge >= 0.3 is 0 Å². The number of piperidine rings is 1. The summed E-state index contributed by atoms with van der Waals surface area (Å²) in [5, 5.41) is 0.587. The Hall–Kier alpha value is -1.56. The van der Waals surface area contributed by atoms with Crippen LogP contribution < -0.4 is 5.73 Å². The van der Waals surface area contributed by atoms with E-state index in [2.05, 4.69) is 9.88 Å². The molecule has 0 aromatic carbocycles. The van der Waals surface area contributed by atoms with Gasteiger partial charge in [0.05, 0.1) is 11.3 Å². The van der Waals surface area contributed by atoms with E-state index >= 15 is 0 Å². The molecule has 0 bridgehead atoms. The normalized spacial score (nSPS) is 22.8. The minimum absolute atomic E-state index is 0.166. The van der Waals surface area contributed by atoms with Crippen LogP contribution >= 0.6 is 11.8 Å². The highest BCUT2D eigenvalue weighted by Crippen LogP contribution is 2.36. The third-order valence-electron chi connectivity index (χ3n) is 6.11. The number of fused-ring (bicyclic) bond motifs is 1. The smallest absolute Gasteiger partial charge is 0.251 e. The molecule has 1 saturated heterocycles. The van der Waals surface area contributed by atoms with E-state index in [9.17, 15) is 9.59 Å². The van der Waals surface area contributed by atoms with Gasteiger partial charge in [-0.15, -0.1) is 0 Å². The molecule has 6 heteroatoms. The summed E-state index contributed by atoms with van der Waals surface area (Å²) in [5.41, 5.74) is 8.77. The van der Waals surface area contributed by atoms with Gasteiger partial charge in [-0.25, -0.2) is 4.98 Å². The van der Waals surface area contributed by atoms with Crippen molar-refractivity contribution >= 4 is 23.6 Å². The Morgan fingerprint density at radius 1 is 1.12 bits per heavy atom. The van der Waals surface area contributed by atoms with Crippen molar-refractivity contribution in [2.24, 2.45) is 11.7 Å². The molecule has 1 saturated carbocycles. The van der Waals surface area contributed by atoms with E-state index in [1.807, 2.05) is 20.8 Å². The number of carbonyl (C=O) groups excluding carboxylic acids is 2. The van der Waals surface area contributed by atoms with Gasteiger partial charge in [0.25, 0.3) is 5.91 Å². The highest BCUT2D eigenvalue weighted by Gasteiger charge is 2.35. The molecule has 1 aliphatic carbocycles. The lowest BCUT2D eigenvalue weighted by molar-refractivity contribution is -0.134. The van der Waals surface area contributed by atoms with Gasteiger partial charge in [0.1, 0.15) is 5.03 Å². The number of hydrogen-bond donors (Lipinski definition) is 1. The summed E-state index contributed by atoms with van der Waals surface area (Å²) in [6.07, 6.45) is 7.27. The second-order valence-electron chi connectivity index (χ2n) is 7.62. The summed E-state index contributed by atoms with van der Waals surface area (Å²) in [6.45, 7) is 6.63. The SMILES string of the molecule is Cc1nc(SCC(=O)N2CCC[C@@H]3CCCC[C@H]32)c(C(N)=O)c(C)c1C. The number of pyridine rings is 1. The number of nitrogens with two attached hydrogens (primary N) is 1.